The van der Waals surface area contributed by atoms with E-state index in [0.29, 0.717) is 43.0 Å². The molecule has 2 aliphatic carbocycles. The number of methoxy groups -OCH3 is 1. The van der Waals surface area contributed by atoms with Crippen molar-refractivity contribution in [1.82, 2.24) is 15.4 Å². The molecule has 160 valence electrons. The lowest BCUT2D eigenvalue weighted by molar-refractivity contribution is -0.121. The molecule has 0 radical (unpaired) electrons. The number of aryl methyl sites for hydroxylation is 1. The average molecular weight is 404 g/mol. The van der Waals surface area contributed by atoms with Crippen LogP contribution >= 0.6 is 0 Å². The van der Waals surface area contributed by atoms with Crippen LogP contribution in [0.25, 0.3) is 0 Å². The highest BCUT2D eigenvalue weighted by Gasteiger charge is 2.48. The fourth-order valence-corrected chi connectivity index (χ4v) is 5.26. The first-order valence-electron chi connectivity index (χ1n) is 11.0. The Labute approximate surface area is 172 Å². The fourth-order valence-electron chi connectivity index (χ4n) is 5.26. The molecule has 3 fully saturated rings. The van der Waals surface area contributed by atoms with Crippen LogP contribution in [0.4, 0.5) is 0 Å². The van der Waals surface area contributed by atoms with E-state index >= 15 is 0 Å². The standard InChI is InChI=1S/C22H33N3O4/c1-15-18(13-28-2)20(24-29-15)21(27)25-12-16(6-9-19(26)23-17-7-8-17)22(14-25)10-4-3-5-11-22/h16-17H,3-14H2,1-2H3,(H,23,26). The van der Waals surface area contributed by atoms with Gasteiger partial charge in [0.2, 0.25) is 5.91 Å². The third-order valence-corrected chi connectivity index (χ3v) is 7.09. The quantitative estimate of drug-likeness (QED) is 0.756. The highest BCUT2D eigenvalue weighted by molar-refractivity contribution is 5.94. The van der Waals surface area contributed by atoms with Crippen molar-refractivity contribution in [2.45, 2.75) is 77.4 Å². The van der Waals surface area contributed by atoms with Crippen molar-refractivity contribution in [1.29, 1.82) is 0 Å². The van der Waals surface area contributed by atoms with Crippen LogP contribution in [0.2, 0.25) is 0 Å². The van der Waals surface area contributed by atoms with E-state index in [9.17, 15) is 9.59 Å². The number of likely N-dealkylation sites (tertiary alicyclic amines) is 1. The van der Waals surface area contributed by atoms with Gasteiger partial charge in [-0.2, -0.15) is 0 Å². The highest BCUT2D eigenvalue weighted by atomic mass is 16.5. The van der Waals surface area contributed by atoms with E-state index in [1.807, 2.05) is 11.8 Å². The molecular weight excluding hydrogens is 370 g/mol. The SMILES string of the molecule is COCc1c(C(=O)N2CC(CCC(=O)NC3CC3)C3(CCCCC3)C2)noc1C. The van der Waals surface area contributed by atoms with Gasteiger partial charge in [0.15, 0.2) is 5.69 Å². The lowest BCUT2D eigenvalue weighted by atomic mass is 9.66. The van der Waals surface area contributed by atoms with Crippen LogP contribution in [0.5, 0.6) is 0 Å². The normalized spacial score (nSPS) is 23.5. The Morgan fingerprint density at radius 1 is 1.28 bits per heavy atom. The van der Waals surface area contributed by atoms with Crippen LogP contribution in [-0.4, -0.2) is 48.1 Å². The van der Waals surface area contributed by atoms with Gasteiger partial charge in [-0.3, -0.25) is 9.59 Å². The highest BCUT2D eigenvalue weighted by Crippen LogP contribution is 2.49. The maximum absolute atomic E-state index is 13.3. The zero-order valence-corrected chi connectivity index (χ0v) is 17.7. The second-order valence-electron chi connectivity index (χ2n) is 9.19. The molecule has 0 aromatic carbocycles. The van der Waals surface area contributed by atoms with E-state index < -0.39 is 0 Å². The maximum Gasteiger partial charge on any atom is 0.276 e. The lowest BCUT2D eigenvalue weighted by Crippen LogP contribution is -2.35. The summed E-state index contributed by atoms with van der Waals surface area (Å²) in [5.74, 6) is 1.10. The lowest BCUT2D eigenvalue weighted by Gasteiger charge is -2.38. The molecule has 1 unspecified atom stereocenters. The minimum Gasteiger partial charge on any atom is -0.380 e. The molecule has 2 amide bonds. The van der Waals surface area contributed by atoms with E-state index in [2.05, 4.69) is 10.5 Å². The smallest absolute Gasteiger partial charge is 0.276 e. The third kappa shape index (κ3) is 4.34. The van der Waals surface area contributed by atoms with Gasteiger partial charge < -0.3 is 19.5 Å². The minimum atomic E-state index is -0.0659. The van der Waals surface area contributed by atoms with E-state index in [1.54, 1.807) is 7.11 Å². The molecule has 1 spiro atoms. The molecule has 4 rings (SSSR count). The van der Waals surface area contributed by atoms with Crippen LogP contribution in [0, 0.1) is 18.3 Å². The number of hydrogen-bond acceptors (Lipinski definition) is 5. The van der Waals surface area contributed by atoms with Crippen molar-refractivity contribution in [3.63, 3.8) is 0 Å². The number of nitrogens with zero attached hydrogens (tertiary/aromatic N) is 2. The average Bonchev–Trinajstić information content (AvgIpc) is 3.36. The molecule has 3 aliphatic rings. The Bertz CT molecular complexity index is 749. The Hall–Kier alpha value is -1.89. The topological polar surface area (TPSA) is 84.7 Å². The molecule has 1 aliphatic heterocycles. The first-order valence-corrected chi connectivity index (χ1v) is 11.0. The van der Waals surface area contributed by atoms with Gasteiger partial charge in [-0.15, -0.1) is 0 Å². The first kappa shape index (κ1) is 20.4. The summed E-state index contributed by atoms with van der Waals surface area (Å²) in [5.41, 5.74) is 1.26. The molecule has 2 saturated carbocycles. The molecule has 7 nitrogen and oxygen atoms in total. The zero-order chi connectivity index (χ0) is 20.4. The Morgan fingerprint density at radius 2 is 2.03 bits per heavy atom. The van der Waals surface area contributed by atoms with Crippen molar-refractivity contribution in [2.75, 3.05) is 20.2 Å². The van der Waals surface area contributed by atoms with Gasteiger partial charge in [-0.25, -0.2) is 0 Å². The second kappa shape index (κ2) is 8.46. The molecule has 1 aromatic heterocycles. The van der Waals surface area contributed by atoms with Gasteiger partial charge in [-0.1, -0.05) is 24.4 Å². The molecule has 29 heavy (non-hydrogen) atoms. The summed E-state index contributed by atoms with van der Waals surface area (Å²) in [6.45, 7) is 3.60. The first-order chi connectivity index (χ1) is 14.0. The summed E-state index contributed by atoms with van der Waals surface area (Å²) in [6.07, 6.45) is 9.63. The predicted octanol–water partition coefficient (Wildman–Crippen LogP) is 3.21. The number of rotatable bonds is 7. The van der Waals surface area contributed by atoms with Crippen molar-refractivity contribution in [2.24, 2.45) is 11.3 Å². The number of hydrogen-bond donors (Lipinski definition) is 1. The molecule has 7 heteroatoms. The molecule has 0 bridgehead atoms. The number of ether oxygens (including phenoxy) is 1. The van der Waals surface area contributed by atoms with Gasteiger partial charge in [0.1, 0.15) is 5.76 Å². The van der Waals surface area contributed by atoms with E-state index in [-0.39, 0.29) is 17.2 Å². The zero-order valence-electron chi connectivity index (χ0n) is 17.7. The van der Waals surface area contributed by atoms with E-state index in [4.69, 9.17) is 9.26 Å². The van der Waals surface area contributed by atoms with E-state index in [0.717, 1.165) is 44.2 Å². The van der Waals surface area contributed by atoms with Gasteiger partial charge >= 0.3 is 0 Å². The van der Waals surface area contributed by atoms with Crippen molar-refractivity contribution in [3.8, 4) is 0 Å². The van der Waals surface area contributed by atoms with Crippen LogP contribution < -0.4 is 5.32 Å². The number of carbonyl (C=O) groups is 2. The monoisotopic (exact) mass is 403 g/mol. The van der Waals surface area contributed by atoms with Crippen LogP contribution in [-0.2, 0) is 16.1 Å². The van der Waals surface area contributed by atoms with Crippen molar-refractivity contribution < 1.29 is 18.8 Å². The molecular formula is C22H33N3O4. The number of nitrogens with one attached hydrogen (secondary N) is 1. The number of amides is 2. The van der Waals surface area contributed by atoms with Crippen molar-refractivity contribution >= 4 is 11.8 Å². The van der Waals surface area contributed by atoms with Crippen molar-refractivity contribution in [3.05, 3.63) is 17.0 Å². The fraction of sp³-hybridized carbons (Fsp3) is 0.773. The molecule has 1 aromatic rings. The molecule has 2 heterocycles. The summed E-state index contributed by atoms with van der Waals surface area (Å²) < 4.78 is 10.5. The largest absolute Gasteiger partial charge is 0.380 e. The summed E-state index contributed by atoms with van der Waals surface area (Å²) in [4.78, 5) is 27.5. The minimum absolute atomic E-state index is 0.0659. The molecule has 1 N–H and O–H groups in total. The second-order valence-corrected chi connectivity index (χ2v) is 9.19. The Morgan fingerprint density at radius 3 is 2.72 bits per heavy atom. The summed E-state index contributed by atoms with van der Waals surface area (Å²) in [7, 11) is 1.61. The Balaban J connectivity index is 1.47. The van der Waals surface area contributed by atoms with Gasteiger partial charge in [0.25, 0.3) is 5.91 Å². The summed E-state index contributed by atoms with van der Waals surface area (Å²) >= 11 is 0. The third-order valence-electron chi connectivity index (χ3n) is 7.09. The van der Waals surface area contributed by atoms with E-state index in [1.165, 1.54) is 19.3 Å². The van der Waals surface area contributed by atoms with Crippen LogP contribution in [0.3, 0.4) is 0 Å². The summed E-state index contributed by atoms with van der Waals surface area (Å²) in [5, 5.41) is 7.14. The van der Waals surface area contributed by atoms with Gasteiger partial charge in [0.05, 0.1) is 12.2 Å². The number of aromatic nitrogens is 1. The molecule has 1 saturated heterocycles. The van der Waals surface area contributed by atoms with Crippen LogP contribution in [0.1, 0.15) is 79.6 Å². The maximum atomic E-state index is 13.3. The van der Waals surface area contributed by atoms with Gasteiger partial charge in [0, 0.05) is 32.7 Å². The summed E-state index contributed by atoms with van der Waals surface area (Å²) in [6, 6.07) is 0.405. The van der Waals surface area contributed by atoms with Crippen LogP contribution in [0.15, 0.2) is 4.52 Å². The van der Waals surface area contributed by atoms with Gasteiger partial charge in [-0.05, 0) is 50.4 Å². The molecule has 1 atom stereocenters. The Kier molecular flexibility index (Phi) is 5.95. The predicted molar refractivity (Wildman–Crippen MR) is 107 cm³/mol. The number of carbonyl (C=O) groups excluding carboxylic acids is 2.